The van der Waals surface area contributed by atoms with Crippen LogP contribution in [0.5, 0.6) is 0 Å². The van der Waals surface area contributed by atoms with Gasteiger partial charge < -0.3 is 4.74 Å². The second-order valence-electron chi connectivity index (χ2n) is 9.92. The molecule has 0 aromatic rings. The molecule has 1 heterocycles. The third kappa shape index (κ3) is 3.99. The van der Waals surface area contributed by atoms with E-state index in [0.717, 1.165) is 38.5 Å². The fourth-order valence-corrected chi connectivity index (χ4v) is 8.28. The van der Waals surface area contributed by atoms with E-state index in [1.165, 1.54) is 0 Å². The quantitative estimate of drug-likeness (QED) is 0.512. The van der Waals surface area contributed by atoms with Crippen LogP contribution in [0.4, 0.5) is 0 Å². The van der Waals surface area contributed by atoms with E-state index in [1.807, 2.05) is 13.8 Å². The lowest BCUT2D eigenvalue weighted by molar-refractivity contribution is -0.152. The molecule has 3 saturated carbocycles. The van der Waals surface area contributed by atoms with E-state index in [4.69, 9.17) is 13.5 Å². The zero-order valence-electron chi connectivity index (χ0n) is 18.5. The third-order valence-corrected chi connectivity index (χ3v) is 9.34. The summed E-state index contributed by atoms with van der Waals surface area (Å²) in [5.74, 6) is 1.43. The highest BCUT2D eigenvalue weighted by Crippen LogP contribution is 2.68. The maximum absolute atomic E-state index is 11.7. The lowest BCUT2D eigenvalue weighted by atomic mass is 9.45. The largest absolute Gasteiger partial charge is 0.462 e. The minimum Gasteiger partial charge on any atom is -0.462 e. The van der Waals surface area contributed by atoms with E-state index < -0.39 is 16.5 Å². The monoisotopic (exact) mass is 430 g/mol. The van der Waals surface area contributed by atoms with Crippen LogP contribution in [0.1, 0.15) is 86.0 Å². The van der Waals surface area contributed by atoms with Crippen LogP contribution in [-0.2, 0) is 24.1 Å². The number of ether oxygens (including phenoxy) is 1. The Kier molecular flexibility index (Phi) is 6.44. The fourth-order valence-electron chi connectivity index (χ4n) is 7.69. The summed E-state index contributed by atoms with van der Waals surface area (Å²) in [6, 6.07) is 0. The van der Waals surface area contributed by atoms with Crippen LogP contribution in [0.3, 0.4) is 0 Å². The van der Waals surface area contributed by atoms with Crippen molar-refractivity contribution in [2.75, 3.05) is 0 Å². The molecule has 6 nitrogen and oxygen atoms in total. The summed E-state index contributed by atoms with van der Waals surface area (Å²) in [6.07, 6.45) is 7.00. The summed E-state index contributed by atoms with van der Waals surface area (Å²) in [6.45, 7) is 10.9. The molecule has 168 valence electrons. The van der Waals surface area contributed by atoms with E-state index in [2.05, 4.69) is 20.8 Å². The molecule has 3 aliphatic carbocycles. The minimum atomic E-state index is -4.42. The fraction of sp³-hybridized carbons (Fsp3) is 0.955. The molecule has 8 unspecified atom stereocenters. The van der Waals surface area contributed by atoms with Crippen LogP contribution in [0, 0.1) is 34.5 Å². The van der Waals surface area contributed by atoms with Gasteiger partial charge in [-0.25, -0.2) is 4.18 Å². The molecule has 1 saturated heterocycles. The predicted octanol–water partition coefficient (Wildman–Crippen LogP) is 4.78. The van der Waals surface area contributed by atoms with E-state index in [9.17, 15) is 13.2 Å². The Morgan fingerprint density at radius 3 is 2.21 bits per heavy atom. The number of fused-ring (bicyclic) bond motifs is 3. The molecule has 0 aromatic heterocycles. The number of hydrogen-bond acceptors (Lipinski definition) is 5. The first-order chi connectivity index (χ1) is 13.5. The van der Waals surface area contributed by atoms with Gasteiger partial charge in [-0.2, -0.15) is 8.42 Å². The Labute approximate surface area is 176 Å². The minimum absolute atomic E-state index is 0.0524. The molecule has 7 heteroatoms. The van der Waals surface area contributed by atoms with Crippen molar-refractivity contribution in [1.29, 1.82) is 0 Å². The zero-order valence-corrected chi connectivity index (χ0v) is 19.3. The summed E-state index contributed by atoms with van der Waals surface area (Å²) in [5.41, 5.74) is 0.319. The van der Waals surface area contributed by atoms with Crippen LogP contribution in [-0.4, -0.2) is 31.1 Å². The zero-order chi connectivity index (χ0) is 21.6. The predicted molar refractivity (Wildman–Crippen MR) is 110 cm³/mol. The van der Waals surface area contributed by atoms with Gasteiger partial charge in [0, 0.05) is 12.3 Å². The summed E-state index contributed by atoms with van der Waals surface area (Å²) in [4.78, 5) is 11.7. The summed E-state index contributed by atoms with van der Waals surface area (Å²) >= 11 is 0. The lowest BCUT2D eigenvalue weighted by Gasteiger charge is -2.60. The highest BCUT2D eigenvalue weighted by Gasteiger charge is 2.63. The van der Waals surface area contributed by atoms with Gasteiger partial charge in [-0.05, 0) is 73.5 Å². The van der Waals surface area contributed by atoms with Gasteiger partial charge in [0.15, 0.2) is 0 Å². The molecule has 29 heavy (non-hydrogen) atoms. The topological polar surface area (TPSA) is 89.9 Å². The first-order valence-electron chi connectivity index (χ1n) is 11.4. The standard InChI is InChI=1S/C20H32O6S.C2H6/c1-12-13-8-10-20(3)14(16-5-7-18(21)25-16)4-6-17(20)19(13,2)11-9-15(12)26-27(22,23)24;1-2/h12-17H,4-11H2,1-3H3,(H,22,23,24);1-2H3. The smallest absolute Gasteiger partial charge is 0.397 e. The van der Waals surface area contributed by atoms with E-state index in [1.54, 1.807) is 0 Å². The van der Waals surface area contributed by atoms with Crippen LogP contribution in [0.2, 0.25) is 0 Å². The Morgan fingerprint density at radius 1 is 1.00 bits per heavy atom. The van der Waals surface area contributed by atoms with E-state index in [-0.39, 0.29) is 28.8 Å². The highest BCUT2D eigenvalue weighted by molar-refractivity contribution is 7.80. The van der Waals surface area contributed by atoms with Gasteiger partial charge in [0.1, 0.15) is 6.10 Å². The van der Waals surface area contributed by atoms with Crippen molar-refractivity contribution >= 4 is 16.4 Å². The van der Waals surface area contributed by atoms with Gasteiger partial charge in [-0.3, -0.25) is 9.35 Å². The van der Waals surface area contributed by atoms with Crippen molar-refractivity contribution in [2.24, 2.45) is 34.5 Å². The van der Waals surface area contributed by atoms with E-state index in [0.29, 0.717) is 30.6 Å². The van der Waals surface area contributed by atoms with E-state index >= 15 is 0 Å². The molecule has 8 atom stereocenters. The van der Waals surface area contributed by atoms with Crippen molar-refractivity contribution in [3.8, 4) is 0 Å². The normalized spacial score (nSPS) is 46.9. The van der Waals surface area contributed by atoms with Crippen LogP contribution in [0.15, 0.2) is 0 Å². The van der Waals surface area contributed by atoms with Gasteiger partial charge in [0.25, 0.3) is 0 Å². The third-order valence-electron chi connectivity index (χ3n) is 8.84. The molecule has 4 rings (SSSR count). The molecule has 0 amide bonds. The van der Waals surface area contributed by atoms with Crippen LogP contribution in [0.25, 0.3) is 0 Å². The molecule has 0 aromatic carbocycles. The van der Waals surface area contributed by atoms with Gasteiger partial charge >= 0.3 is 16.4 Å². The molecule has 1 aliphatic heterocycles. The molecular formula is C22H38O6S. The first-order valence-corrected chi connectivity index (χ1v) is 12.8. The number of cyclic esters (lactones) is 1. The highest BCUT2D eigenvalue weighted by atomic mass is 32.3. The first kappa shape index (κ1) is 23.0. The van der Waals surface area contributed by atoms with Crippen molar-refractivity contribution in [2.45, 2.75) is 98.2 Å². The molecule has 4 fully saturated rings. The number of esters is 1. The average Bonchev–Trinajstić information content (AvgIpc) is 3.22. The number of hydrogen-bond donors (Lipinski definition) is 1. The van der Waals surface area contributed by atoms with Gasteiger partial charge in [-0.15, -0.1) is 0 Å². The number of rotatable bonds is 3. The number of carbonyl (C=O) groups excluding carboxylic acids is 1. The SMILES string of the molecule is CC.CC1C(OS(=O)(=O)O)CCC2(C)C1CCC1(C)C(C3CCC(=O)O3)CCC12. The Balaban J connectivity index is 0.00000117. The molecule has 0 bridgehead atoms. The van der Waals surface area contributed by atoms with Crippen LogP contribution < -0.4 is 0 Å². The van der Waals surface area contributed by atoms with Gasteiger partial charge in [0.05, 0.1) is 6.10 Å². The second kappa shape index (κ2) is 8.12. The summed E-state index contributed by atoms with van der Waals surface area (Å²) < 4.78 is 42.3. The van der Waals surface area contributed by atoms with Crippen molar-refractivity contribution in [1.82, 2.24) is 0 Å². The second-order valence-corrected chi connectivity index (χ2v) is 11.0. The molecule has 1 N–H and O–H groups in total. The van der Waals surface area contributed by atoms with Crippen LogP contribution >= 0.6 is 0 Å². The summed E-state index contributed by atoms with van der Waals surface area (Å²) in [5, 5.41) is 0. The number of carbonyl (C=O) groups is 1. The van der Waals surface area contributed by atoms with Crippen molar-refractivity contribution in [3.05, 3.63) is 0 Å². The molecule has 0 radical (unpaired) electrons. The van der Waals surface area contributed by atoms with Crippen molar-refractivity contribution in [3.63, 3.8) is 0 Å². The lowest BCUT2D eigenvalue weighted by Crippen LogP contribution is -2.55. The maximum atomic E-state index is 11.7. The van der Waals surface area contributed by atoms with Gasteiger partial charge in [-0.1, -0.05) is 34.6 Å². The van der Waals surface area contributed by atoms with Crippen molar-refractivity contribution < 1.29 is 26.7 Å². The Bertz CT molecular complexity index is 721. The molecule has 0 spiro atoms. The average molecular weight is 431 g/mol. The Hall–Kier alpha value is -0.660. The molecule has 4 aliphatic rings. The summed E-state index contributed by atoms with van der Waals surface area (Å²) in [7, 11) is -4.42. The Morgan fingerprint density at radius 2 is 1.62 bits per heavy atom. The molecular weight excluding hydrogens is 392 g/mol. The van der Waals surface area contributed by atoms with Gasteiger partial charge in [0.2, 0.25) is 0 Å². The maximum Gasteiger partial charge on any atom is 0.397 e.